The second-order valence-corrected chi connectivity index (χ2v) is 12.2. The molecule has 3 aromatic carbocycles. The highest BCUT2D eigenvalue weighted by Gasteiger charge is 2.20. The number of carbonyl (C=O) groups is 1. The van der Waals surface area contributed by atoms with E-state index in [1.54, 1.807) is 49.6 Å². The normalized spacial score (nSPS) is 12.4. The third-order valence-corrected chi connectivity index (χ3v) is 7.71. The lowest BCUT2D eigenvalue weighted by atomic mass is 9.93. The molecule has 0 saturated carbocycles. The van der Waals surface area contributed by atoms with Crippen LogP contribution >= 0.6 is 23.2 Å². The van der Waals surface area contributed by atoms with E-state index in [9.17, 15) is 13.2 Å². The van der Waals surface area contributed by atoms with Crippen LogP contribution in [0.25, 0.3) is 0 Å². The lowest BCUT2D eigenvalue weighted by Crippen LogP contribution is -2.29. The minimum absolute atomic E-state index is 0.0663. The molecule has 0 saturated heterocycles. The summed E-state index contributed by atoms with van der Waals surface area (Å²) in [6.07, 6.45) is 1.12. The number of methoxy groups -OCH3 is 1. The van der Waals surface area contributed by atoms with E-state index in [2.05, 4.69) is 25.2 Å². The molecule has 0 aromatic heterocycles. The standard InChI is InChI=1S/C28H32Cl2N2O4S/c1-17(2)25-15-26(18(3)11-27(25)36-5)19(4)31-28(33)21-9-7-20(8-10-21)16-32(37(6,34)35)24-13-22(29)12-23(30)14-24/h7-15,17,19H,16H2,1-6H3,(H,31,33)/t19-/m0/s1. The van der Waals surface area contributed by atoms with Crippen LogP contribution in [0.4, 0.5) is 5.69 Å². The molecule has 1 atom stereocenters. The highest BCUT2D eigenvalue weighted by atomic mass is 35.5. The second kappa shape index (κ2) is 11.8. The molecule has 0 aliphatic heterocycles. The summed E-state index contributed by atoms with van der Waals surface area (Å²) in [4.78, 5) is 13.0. The predicted octanol–water partition coefficient (Wildman–Crippen LogP) is 6.89. The van der Waals surface area contributed by atoms with Crippen molar-refractivity contribution in [1.29, 1.82) is 0 Å². The van der Waals surface area contributed by atoms with Gasteiger partial charge in [0.25, 0.3) is 5.91 Å². The van der Waals surface area contributed by atoms with Gasteiger partial charge in [0.15, 0.2) is 0 Å². The number of rotatable bonds is 9. The number of carbonyl (C=O) groups excluding carboxylic acids is 1. The molecule has 37 heavy (non-hydrogen) atoms. The highest BCUT2D eigenvalue weighted by molar-refractivity contribution is 7.92. The number of ether oxygens (including phenoxy) is 1. The Morgan fingerprint density at radius 3 is 2.08 bits per heavy atom. The summed E-state index contributed by atoms with van der Waals surface area (Å²) in [7, 11) is -1.95. The van der Waals surface area contributed by atoms with Gasteiger partial charge in [0.2, 0.25) is 10.0 Å². The molecular formula is C28H32Cl2N2O4S. The van der Waals surface area contributed by atoms with Crippen molar-refractivity contribution in [2.45, 2.75) is 46.2 Å². The Hall–Kier alpha value is -2.74. The highest BCUT2D eigenvalue weighted by Crippen LogP contribution is 2.32. The third kappa shape index (κ3) is 7.18. The summed E-state index contributed by atoms with van der Waals surface area (Å²) >= 11 is 12.2. The Labute approximate surface area is 229 Å². The second-order valence-electron chi connectivity index (χ2n) is 9.39. The first-order chi connectivity index (χ1) is 17.3. The molecule has 3 aromatic rings. The van der Waals surface area contributed by atoms with E-state index < -0.39 is 10.0 Å². The third-order valence-electron chi connectivity index (χ3n) is 6.13. The number of nitrogens with one attached hydrogen (secondary N) is 1. The molecule has 198 valence electrons. The van der Waals surface area contributed by atoms with E-state index in [-0.39, 0.29) is 24.4 Å². The van der Waals surface area contributed by atoms with Crippen LogP contribution < -0.4 is 14.4 Å². The van der Waals surface area contributed by atoms with Gasteiger partial charge in [0.1, 0.15) is 5.75 Å². The number of halogens is 2. The van der Waals surface area contributed by atoms with Crippen LogP contribution in [-0.2, 0) is 16.6 Å². The first-order valence-electron chi connectivity index (χ1n) is 11.8. The van der Waals surface area contributed by atoms with Crippen LogP contribution in [0.5, 0.6) is 5.75 Å². The van der Waals surface area contributed by atoms with Crippen LogP contribution in [0.2, 0.25) is 10.0 Å². The number of sulfonamides is 1. The molecule has 1 amide bonds. The molecule has 0 bridgehead atoms. The van der Waals surface area contributed by atoms with Gasteiger partial charge in [-0.1, -0.05) is 49.2 Å². The first-order valence-corrected chi connectivity index (χ1v) is 14.4. The van der Waals surface area contributed by atoms with Crippen molar-refractivity contribution in [3.63, 3.8) is 0 Å². The molecular weight excluding hydrogens is 531 g/mol. The Bertz CT molecular complexity index is 1370. The zero-order chi connectivity index (χ0) is 27.5. The van der Waals surface area contributed by atoms with Crippen molar-refractivity contribution in [3.8, 4) is 5.75 Å². The maximum Gasteiger partial charge on any atom is 0.251 e. The van der Waals surface area contributed by atoms with Gasteiger partial charge < -0.3 is 10.1 Å². The number of anilines is 1. The van der Waals surface area contributed by atoms with Crippen LogP contribution in [0, 0.1) is 6.92 Å². The van der Waals surface area contributed by atoms with Gasteiger partial charge in [-0.25, -0.2) is 8.42 Å². The zero-order valence-corrected chi connectivity index (χ0v) is 24.1. The SMILES string of the molecule is COc1cc(C)c([C@H](C)NC(=O)c2ccc(CN(c3cc(Cl)cc(Cl)c3)S(C)(=O)=O)cc2)cc1C(C)C. The van der Waals surface area contributed by atoms with Gasteiger partial charge in [0.05, 0.1) is 31.6 Å². The fourth-order valence-electron chi connectivity index (χ4n) is 4.18. The molecule has 9 heteroatoms. The summed E-state index contributed by atoms with van der Waals surface area (Å²) in [6.45, 7) is 8.23. The van der Waals surface area contributed by atoms with E-state index in [0.29, 0.717) is 26.9 Å². The van der Waals surface area contributed by atoms with Crippen molar-refractivity contribution in [1.82, 2.24) is 5.32 Å². The van der Waals surface area contributed by atoms with Gasteiger partial charge >= 0.3 is 0 Å². The van der Waals surface area contributed by atoms with E-state index in [1.807, 2.05) is 19.9 Å². The molecule has 0 aliphatic carbocycles. The molecule has 0 heterocycles. The molecule has 0 radical (unpaired) electrons. The molecule has 0 aliphatic rings. The number of hydrogen-bond donors (Lipinski definition) is 1. The first kappa shape index (κ1) is 28.8. The Kier molecular flexibility index (Phi) is 9.16. The fraction of sp³-hybridized carbons (Fsp3) is 0.321. The van der Waals surface area contributed by atoms with Gasteiger partial charge in [0, 0.05) is 15.6 Å². The van der Waals surface area contributed by atoms with Gasteiger partial charge in [-0.15, -0.1) is 0 Å². The Morgan fingerprint density at radius 2 is 1.57 bits per heavy atom. The van der Waals surface area contributed by atoms with Gasteiger partial charge in [-0.3, -0.25) is 9.10 Å². The quantitative estimate of drug-likeness (QED) is 0.308. The minimum atomic E-state index is -3.61. The lowest BCUT2D eigenvalue weighted by Gasteiger charge is -2.23. The zero-order valence-electron chi connectivity index (χ0n) is 21.8. The summed E-state index contributed by atoms with van der Waals surface area (Å²) in [6, 6.07) is 15.3. The van der Waals surface area contributed by atoms with Crippen LogP contribution in [-0.4, -0.2) is 27.7 Å². The van der Waals surface area contributed by atoms with Gasteiger partial charge in [-0.2, -0.15) is 0 Å². The molecule has 0 unspecified atom stereocenters. The molecule has 6 nitrogen and oxygen atoms in total. The van der Waals surface area contributed by atoms with Crippen molar-refractivity contribution in [3.05, 3.63) is 92.5 Å². The van der Waals surface area contributed by atoms with E-state index in [1.165, 1.54) is 4.31 Å². The van der Waals surface area contributed by atoms with Crippen molar-refractivity contribution >= 4 is 44.8 Å². The molecule has 0 spiro atoms. The smallest absolute Gasteiger partial charge is 0.251 e. The minimum Gasteiger partial charge on any atom is -0.496 e. The number of nitrogens with zero attached hydrogens (tertiary/aromatic N) is 1. The van der Waals surface area contributed by atoms with E-state index >= 15 is 0 Å². The number of amides is 1. The maximum absolute atomic E-state index is 13.0. The lowest BCUT2D eigenvalue weighted by molar-refractivity contribution is 0.0939. The molecule has 3 rings (SSSR count). The van der Waals surface area contributed by atoms with E-state index in [0.717, 1.165) is 28.7 Å². The summed E-state index contributed by atoms with van der Waals surface area (Å²) in [5, 5.41) is 3.74. The van der Waals surface area contributed by atoms with Crippen LogP contribution in [0.1, 0.15) is 65.3 Å². The van der Waals surface area contributed by atoms with Crippen LogP contribution in [0.3, 0.4) is 0 Å². The van der Waals surface area contributed by atoms with Crippen molar-refractivity contribution < 1.29 is 17.9 Å². The Balaban J connectivity index is 1.78. The van der Waals surface area contributed by atoms with Crippen molar-refractivity contribution in [2.75, 3.05) is 17.7 Å². The van der Waals surface area contributed by atoms with Gasteiger partial charge in [-0.05, 0) is 84.5 Å². The summed E-state index contributed by atoms with van der Waals surface area (Å²) in [5.74, 6) is 0.898. The molecule has 0 fully saturated rings. The average Bonchev–Trinajstić information content (AvgIpc) is 2.80. The largest absolute Gasteiger partial charge is 0.496 e. The van der Waals surface area contributed by atoms with E-state index in [4.69, 9.17) is 27.9 Å². The Morgan fingerprint density at radius 1 is 0.973 bits per heavy atom. The average molecular weight is 564 g/mol. The van der Waals surface area contributed by atoms with Crippen LogP contribution in [0.15, 0.2) is 54.6 Å². The predicted molar refractivity (Wildman–Crippen MR) is 152 cm³/mol. The summed E-state index contributed by atoms with van der Waals surface area (Å²) < 4.78 is 31.7. The number of hydrogen-bond acceptors (Lipinski definition) is 4. The number of aryl methyl sites for hydroxylation is 1. The summed E-state index contributed by atoms with van der Waals surface area (Å²) in [5.41, 5.74) is 4.70. The number of benzene rings is 3. The monoisotopic (exact) mass is 562 g/mol. The molecule has 1 N–H and O–H groups in total. The maximum atomic E-state index is 13.0. The fourth-order valence-corrected chi connectivity index (χ4v) is 5.57. The topological polar surface area (TPSA) is 75.7 Å². The van der Waals surface area contributed by atoms with Crippen molar-refractivity contribution in [2.24, 2.45) is 0 Å².